The number of allylic oxidation sites excluding steroid dienone is 2. The maximum Gasteiger partial charge on any atom is 0.343 e. The van der Waals surface area contributed by atoms with Crippen LogP contribution in [-0.4, -0.2) is 46.0 Å². The lowest BCUT2D eigenvalue weighted by molar-refractivity contribution is -0.154. The van der Waals surface area contributed by atoms with Crippen LogP contribution in [-0.2, 0) is 9.59 Å². The first-order valence-corrected chi connectivity index (χ1v) is 14.7. The monoisotopic (exact) mass is 614 g/mol. The first kappa shape index (κ1) is 27.6. The topological polar surface area (TPSA) is 101 Å². The highest BCUT2D eigenvalue weighted by atomic mass is 35.5. The van der Waals surface area contributed by atoms with Crippen LogP contribution in [0.4, 0.5) is 0 Å². The fraction of sp³-hybridized carbons (Fsp3) is 0.242. The van der Waals surface area contributed by atoms with Gasteiger partial charge in [0.05, 0.1) is 27.4 Å². The average molecular weight is 615 g/mol. The molecule has 3 aromatic rings. The predicted molar refractivity (Wildman–Crippen MR) is 156 cm³/mol. The number of carbonyl (C=O) groups excluding carboxylic acids is 5. The highest BCUT2D eigenvalue weighted by molar-refractivity contribution is 6.42. The molecule has 3 fully saturated rings. The van der Waals surface area contributed by atoms with Crippen LogP contribution in [0.15, 0.2) is 84.9 Å². The van der Waals surface area contributed by atoms with Crippen molar-refractivity contribution in [3.05, 3.63) is 112 Å². The number of hydrogen-bond donors (Lipinski definition) is 0. The zero-order valence-corrected chi connectivity index (χ0v) is 24.1. The van der Waals surface area contributed by atoms with Crippen molar-refractivity contribution in [2.75, 3.05) is 6.54 Å². The van der Waals surface area contributed by atoms with Gasteiger partial charge in [-0.3, -0.25) is 19.2 Å². The van der Waals surface area contributed by atoms with E-state index in [4.69, 9.17) is 27.9 Å². The highest BCUT2D eigenvalue weighted by Crippen LogP contribution is 2.65. The number of benzene rings is 3. The Morgan fingerprint density at radius 1 is 0.767 bits per heavy atom. The third-order valence-electron chi connectivity index (χ3n) is 8.97. The normalized spacial score (nSPS) is 26.1. The quantitative estimate of drug-likeness (QED) is 0.114. The van der Waals surface area contributed by atoms with Crippen molar-refractivity contribution in [1.29, 1.82) is 0 Å². The molecule has 2 saturated carbocycles. The summed E-state index contributed by atoms with van der Waals surface area (Å²) in [5.74, 6) is -2.96. The number of imide groups is 1. The number of carbonyl (C=O) groups is 5. The van der Waals surface area contributed by atoms with Gasteiger partial charge in [-0.05, 0) is 84.7 Å². The molecule has 4 aliphatic carbocycles. The number of amides is 3. The van der Waals surface area contributed by atoms with E-state index in [-0.39, 0.29) is 38.8 Å². The van der Waals surface area contributed by atoms with E-state index in [2.05, 4.69) is 0 Å². The second kappa shape index (κ2) is 10.5. The number of nitrogens with zero attached hydrogens (tertiary/aromatic N) is 2. The highest BCUT2D eigenvalue weighted by Gasteiger charge is 2.68. The fourth-order valence-corrected chi connectivity index (χ4v) is 7.17. The lowest BCUT2D eigenvalue weighted by atomic mass is 9.63. The summed E-state index contributed by atoms with van der Waals surface area (Å²) in [6.45, 7) is -0.575. The van der Waals surface area contributed by atoms with E-state index in [9.17, 15) is 24.0 Å². The Bertz CT molecular complexity index is 1690. The maximum absolute atomic E-state index is 13.9. The Morgan fingerprint density at radius 2 is 1.37 bits per heavy atom. The van der Waals surface area contributed by atoms with E-state index < -0.39 is 47.9 Å². The number of hydrazine groups is 1. The van der Waals surface area contributed by atoms with Gasteiger partial charge in [-0.15, -0.1) is 0 Å². The molecule has 8 nitrogen and oxygen atoms in total. The van der Waals surface area contributed by atoms with Crippen LogP contribution in [0.25, 0.3) is 0 Å². The molecule has 43 heavy (non-hydrogen) atoms. The van der Waals surface area contributed by atoms with Gasteiger partial charge in [-0.2, -0.15) is 5.01 Å². The van der Waals surface area contributed by atoms with Gasteiger partial charge in [-0.1, -0.05) is 53.6 Å². The van der Waals surface area contributed by atoms with Crippen molar-refractivity contribution in [1.82, 2.24) is 10.0 Å². The number of ether oxygens (including phenoxy) is 1. The van der Waals surface area contributed by atoms with Gasteiger partial charge in [0, 0.05) is 11.1 Å². The summed E-state index contributed by atoms with van der Waals surface area (Å²) in [6, 6.07) is 18.6. The smallest absolute Gasteiger partial charge is 0.343 e. The third-order valence-corrected chi connectivity index (χ3v) is 9.71. The van der Waals surface area contributed by atoms with Gasteiger partial charge in [-0.25, -0.2) is 9.80 Å². The van der Waals surface area contributed by atoms with Gasteiger partial charge in [0.1, 0.15) is 12.3 Å². The molecule has 6 atom stereocenters. The van der Waals surface area contributed by atoms with Crippen LogP contribution in [0.5, 0.6) is 5.75 Å². The molecule has 0 N–H and O–H groups in total. The second-order valence-electron chi connectivity index (χ2n) is 11.3. The minimum absolute atomic E-state index is 0.0507. The number of hydrogen-bond acceptors (Lipinski definition) is 6. The molecule has 216 valence electrons. The van der Waals surface area contributed by atoms with Gasteiger partial charge >= 0.3 is 5.97 Å². The number of rotatable bonds is 7. The molecule has 0 aromatic heterocycles. The van der Waals surface area contributed by atoms with E-state index in [1.165, 1.54) is 42.5 Å². The van der Waals surface area contributed by atoms with Crippen molar-refractivity contribution in [2.24, 2.45) is 35.5 Å². The lowest BCUT2D eigenvalue weighted by Gasteiger charge is -2.37. The lowest BCUT2D eigenvalue weighted by Crippen LogP contribution is -2.52. The molecule has 10 heteroatoms. The molecular formula is C33H24Cl2N2O6. The molecule has 2 bridgehead atoms. The van der Waals surface area contributed by atoms with E-state index in [0.717, 1.165) is 16.4 Å². The SMILES string of the molecule is O=C(CN(C(=O)c1ccc(Cl)c(Cl)c1)N1C(=O)[C@@H]2[C@H]3C=C[C@@H]([C@@H]4C[C@@H]34)[C@@H]2C1=O)c1ccc(OC(=O)c2ccccc2)cc1. The number of esters is 1. The Kier molecular flexibility index (Phi) is 6.71. The minimum atomic E-state index is -0.730. The largest absolute Gasteiger partial charge is 0.423 e. The summed E-state index contributed by atoms with van der Waals surface area (Å²) in [7, 11) is 0. The summed E-state index contributed by atoms with van der Waals surface area (Å²) in [5.41, 5.74) is 0.649. The second-order valence-corrected chi connectivity index (χ2v) is 12.2. The molecular weight excluding hydrogens is 591 g/mol. The molecule has 8 rings (SSSR count). The Balaban J connectivity index is 1.16. The first-order valence-electron chi connectivity index (χ1n) is 14.0. The van der Waals surface area contributed by atoms with Gasteiger partial charge in [0.25, 0.3) is 17.7 Å². The predicted octanol–water partition coefficient (Wildman–Crippen LogP) is 5.51. The zero-order chi connectivity index (χ0) is 30.0. The average Bonchev–Trinajstić information content (AvgIpc) is 3.80. The molecule has 1 heterocycles. The van der Waals surface area contributed by atoms with E-state index in [0.29, 0.717) is 17.4 Å². The summed E-state index contributed by atoms with van der Waals surface area (Å²) >= 11 is 12.2. The molecule has 1 aliphatic heterocycles. The minimum Gasteiger partial charge on any atom is -0.423 e. The van der Waals surface area contributed by atoms with Crippen molar-refractivity contribution in [3.63, 3.8) is 0 Å². The van der Waals surface area contributed by atoms with E-state index in [1.54, 1.807) is 30.3 Å². The summed E-state index contributed by atoms with van der Waals surface area (Å²) < 4.78 is 5.39. The van der Waals surface area contributed by atoms with Crippen LogP contribution >= 0.6 is 23.2 Å². The van der Waals surface area contributed by atoms with Crippen LogP contribution < -0.4 is 4.74 Å². The number of Topliss-reactive ketones (excluding diaryl/α,β-unsaturated/α-hetero) is 1. The van der Waals surface area contributed by atoms with Crippen molar-refractivity contribution in [2.45, 2.75) is 6.42 Å². The summed E-state index contributed by atoms with van der Waals surface area (Å²) in [5, 5.41) is 2.16. The standard InChI is InChI=1S/C33H24Cl2N2O6/c34-25-13-8-19(14-26(25)35)30(39)36(37-31(40)28-21-11-12-22(24-15-23(21)24)29(28)32(37)41)16-27(38)17-6-9-20(10-7-17)43-33(42)18-4-2-1-3-5-18/h1-14,21-24,28-29H,15-16H2/t21-,22-,23-,24-,28-,29+/m0/s1. The molecule has 0 spiro atoms. The van der Waals surface area contributed by atoms with Crippen molar-refractivity contribution >= 4 is 52.7 Å². The maximum atomic E-state index is 13.9. The third kappa shape index (κ3) is 4.65. The van der Waals surface area contributed by atoms with Gasteiger partial charge < -0.3 is 4.74 Å². The first-order chi connectivity index (χ1) is 20.7. The number of ketones is 1. The van der Waals surface area contributed by atoms with Gasteiger partial charge in [0.2, 0.25) is 0 Å². The van der Waals surface area contributed by atoms with Crippen molar-refractivity contribution < 1.29 is 28.7 Å². The van der Waals surface area contributed by atoms with Crippen molar-refractivity contribution in [3.8, 4) is 5.75 Å². The molecule has 1 saturated heterocycles. The molecule has 0 radical (unpaired) electrons. The molecule has 3 aromatic carbocycles. The van der Waals surface area contributed by atoms with Crippen LogP contribution in [0.1, 0.15) is 37.5 Å². The van der Waals surface area contributed by atoms with Crippen LogP contribution in [0.3, 0.4) is 0 Å². The Morgan fingerprint density at radius 3 is 1.98 bits per heavy atom. The van der Waals surface area contributed by atoms with E-state index in [1.807, 2.05) is 12.2 Å². The summed E-state index contributed by atoms with van der Waals surface area (Å²) in [4.78, 5) is 67.5. The van der Waals surface area contributed by atoms with Gasteiger partial charge in [0.15, 0.2) is 5.78 Å². The zero-order valence-electron chi connectivity index (χ0n) is 22.6. The van der Waals surface area contributed by atoms with Crippen LogP contribution in [0.2, 0.25) is 10.0 Å². The molecule has 5 aliphatic rings. The molecule has 0 unspecified atom stereocenters. The van der Waals surface area contributed by atoms with E-state index >= 15 is 0 Å². The Hall–Kier alpha value is -4.27. The summed E-state index contributed by atoms with van der Waals surface area (Å²) in [6.07, 6.45) is 5.07. The fourth-order valence-electron chi connectivity index (χ4n) is 6.87. The molecule has 3 amide bonds. The Labute approximate surface area is 256 Å². The number of halogens is 2. The van der Waals surface area contributed by atoms with Crippen LogP contribution in [0, 0.1) is 35.5 Å².